The van der Waals surface area contributed by atoms with Crippen LogP contribution in [0.2, 0.25) is 0 Å². The van der Waals surface area contributed by atoms with Gasteiger partial charge in [0.1, 0.15) is 0 Å². The van der Waals surface area contributed by atoms with Gasteiger partial charge in [0.25, 0.3) is 0 Å². The van der Waals surface area contributed by atoms with Gasteiger partial charge in [0.05, 0.1) is 6.10 Å². The Bertz CT molecular complexity index is 583. The smallest absolute Gasteiger partial charge is 0.164 e. The van der Waals surface area contributed by atoms with E-state index in [-0.39, 0.29) is 17.4 Å². The van der Waals surface area contributed by atoms with E-state index >= 15 is 0 Å². The first kappa shape index (κ1) is 12.3. The van der Waals surface area contributed by atoms with Gasteiger partial charge < -0.3 is 5.11 Å². The molecule has 3 unspecified atom stereocenters. The summed E-state index contributed by atoms with van der Waals surface area (Å²) in [5.41, 5.74) is 1.20. The van der Waals surface area contributed by atoms with Crippen molar-refractivity contribution in [3.63, 3.8) is 0 Å². The Hall–Kier alpha value is -1.74. The molecule has 19 heavy (non-hydrogen) atoms. The molecule has 1 aliphatic carbocycles. The number of benzene rings is 2. The number of halogens is 2. The Morgan fingerprint density at radius 1 is 1.00 bits per heavy atom. The minimum Gasteiger partial charge on any atom is -0.388 e. The summed E-state index contributed by atoms with van der Waals surface area (Å²) >= 11 is 0. The maximum Gasteiger partial charge on any atom is 0.164 e. The van der Waals surface area contributed by atoms with Gasteiger partial charge in [-0.2, -0.15) is 0 Å². The van der Waals surface area contributed by atoms with Gasteiger partial charge in [-0.25, -0.2) is 8.78 Å². The van der Waals surface area contributed by atoms with E-state index in [4.69, 9.17) is 0 Å². The molecule has 0 amide bonds. The average Bonchev–Trinajstić information content (AvgIpc) is 3.22. The fraction of sp³-hybridized carbons (Fsp3) is 0.250. The normalized spacial score (nSPS) is 23.1. The van der Waals surface area contributed by atoms with E-state index in [9.17, 15) is 13.9 Å². The van der Waals surface area contributed by atoms with E-state index in [0.717, 1.165) is 18.1 Å². The molecule has 0 aliphatic heterocycles. The Kier molecular flexibility index (Phi) is 3.07. The van der Waals surface area contributed by atoms with Crippen LogP contribution < -0.4 is 0 Å². The molecular weight excluding hydrogens is 246 g/mol. The van der Waals surface area contributed by atoms with Crippen molar-refractivity contribution in [2.45, 2.75) is 18.4 Å². The fourth-order valence-electron chi connectivity index (χ4n) is 2.63. The molecule has 2 aromatic carbocycles. The maximum atomic E-state index is 13.6. The van der Waals surface area contributed by atoms with Gasteiger partial charge in [-0.05, 0) is 29.9 Å². The van der Waals surface area contributed by atoms with E-state index in [2.05, 4.69) is 0 Å². The molecule has 0 heterocycles. The minimum atomic E-state index is -0.944. The van der Waals surface area contributed by atoms with Crippen LogP contribution >= 0.6 is 0 Å². The first-order valence-corrected chi connectivity index (χ1v) is 6.35. The molecular formula is C16H14F2O. The highest BCUT2D eigenvalue weighted by atomic mass is 19.2. The number of hydrogen-bond donors (Lipinski definition) is 1. The topological polar surface area (TPSA) is 20.2 Å². The number of hydrogen-bond acceptors (Lipinski definition) is 1. The first-order valence-electron chi connectivity index (χ1n) is 6.35. The molecule has 0 radical (unpaired) electrons. The lowest BCUT2D eigenvalue weighted by molar-refractivity contribution is 0.145. The number of rotatable bonds is 3. The Morgan fingerprint density at radius 2 is 1.74 bits per heavy atom. The zero-order valence-electron chi connectivity index (χ0n) is 10.3. The highest BCUT2D eigenvalue weighted by Crippen LogP contribution is 2.54. The molecule has 98 valence electrons. The van der Waals surface area contributed by atoms with Crippen LogP contribution in [0.15, 0.2) is 48.5 Å². The summed E-state index contributed by atoms with van der Waals surface area (Å²) in [7, 11) is 0. The number of aliphatic hydroxyl groups excluding tert-OH is 1. The second kappa shape index (κ2) is 4.74. The molecule has 3 atom stereocenters. The van der Waals surface area contributed by atoms with Crippen LogP contribution in [-0.2, 0) is 0 Å². The standard InChI is InChI=1S/C16H14F2O/c17-14-8-4-7-11(15(14)18)16(19)13-9-12(13)10-5-2-1-3-6-10/h1-8,12-13,16,19H,9H2. The van der Waals surface area contributed by atoms with Gasteiger partial charge in [-0.1, -0.05) is 42.5 Å². The first-order chi connectivity index (χ1) is 9.18. The average molecular weight is 260 g/mol. The molecule has 1 saturated carbocycles. The van der Waals surface area contributed by atoms with E-state index in [1.807, 2.05) is 30.3 Å². The van der Waals surface area contributed by atoms with Crippen molar-refractivity contribution in [3.05, 3.63) is 71.3 Å². The monoisotopic (exact) mass is 260 g/mol. The summed E-state index contributed by atoms with van der Waals surface area (Å²) < 4.78 is 26.8. The van der Waals surface area contributed by atoms with Crippen LogP contribution in [-0.4, -0.2) is 5.11 Å². The van der Waals surface area contributed by atoms with Gasteiger partial charge in [0.15, 0.2) is 11.6 Å². The molecule has 3 heteroatoms. The maximum absolute atomic E-state index is 13.6. The van der Waals surface area contributed by atoms with Crippen LogP contribution in [0.1, 0.15) is 29.6 Å². The third-order valence-corrected chi connectivity index (χ3v) is 3.77. The lowest BCUT2D eigenvalue weighted by atomic mass is 10.0. The highest BCUT2D eigenvalue weighted by molar-refractivity contribution is 5.30. The van der Waals surface area contributed by atoms with Crippen LogP contribution in [0.5, 0.6) is 0 Å². The third-order valence-electron chi connectivity index (χ3n) is 3.77. The molecule has 1 fully saturated rings. The zero-order valence-corrected chi connectivity index (χ0v) is 10.3. The van der Waals surface area contributed by atoms with Crippen molar-refractivity contribution in [1.82, 2.24) is 0 Å². The van der Waals surface area contributed by atoms with E-state index in [1.54, 1.807) is 0 Å². The number of aliphatic hydroxyl groups is 1. The van der Waals surface area contributed by atoms with Crippen molar-refractivity contribution in [2.75, 3.05) is 0 Å². The van der Waals surface area contributed by atoms with Crippen molar-refractivity contribution in [1.29, 1.82) is 0 Å². The van der Waals surface area contributed by atoms with Crippen molar-refractivity contribution >= 4 is 0 Å². The van der Waals surface area contributed by atoms with E-state index in [0.29, 0.717) is 0 Å². The van der Waals surface area contributed by atoms with Gasteiger partial charge in [0.2, 0.25) is 0 Å². The molecule has 3 rings (SSSR count). The lowest BCUT2D eigenvalue weighted by Gasteiger charge is -2.12. The van der Waals surface area contributed by atoms with Crippen LogP contribution in [0, 0.1) is 17.6 Å². The fourth-order valence-corrected chi connectivity index (χ4v) is 2.63. The second-order valence-electron chi connectivity index (χ2n) is 5.00. The van der Waals surface area contributed by atoms with Gasteiger partial charge in [0, 0.05) is 5.56 Å². The molecule has 0 aromatic heterocycles. The highest BCUT2D eigenvalue weighted by Gasteiger charge is 2.44. The predicted octanol–water partition coefficient (Wildman–Crippen LogP) is 3.80. The summed E-state index contributed by atoms with van der Waals surface area (Å²) in [5, 5.41) is 10.2. The summed E-state index contributed by atoms with van der Waals surface area (Å²) in [4.78, 5) is 0. The Balaban J connectivity index is 1.80. The summed E-state index contributed by atoms with van der Waals surface area (Å²) in [5.74, 6) is -1.64. The molecule has 2 aromatic rings. The van der Waals surface area contributed by atoms with Crippen LogP contribution in [0.3, 0.4) is 0 Å². The zero-order chi connectivity index (χ0) is 13.4. The third kappa shape index (κ3) is 2.26. The molecule has 1 aliphatic rings. The molecule has 0 saturated heterocycles. The largest absolute Gasteiger partial charge is 0.388 e. The quantitative estimate of drug-likeness (QED) is 0.890. The van der Waals surface area contributed by atoms with Gasteiger partial charge in [-0.3, -0.25) is 0 Å². The summed E-state index contributed by atoms with van der Waals surface area (Å²) in [6.07, 6.45) is -0.137. The van der Waals surface area contributed by atoms with E-state index in [1.165, 1.54) is 12.1 Å². The summed E-state index contributed by atoms with van der Waals surface area (Å²) in [6.45, 7) is 0. The Morgan fingerprint density at radius 3 is 2.47 bits per heavy atom. The second-order valence-corrected chi connectivity index (χ2v) is 5.00. The SMILES string of the molecule is OC(c1cccc(F)c1F)C1CC1c1ccccc1. The van der Waals surface area contributed by atoms with Gasteiger partial charge in [-0.15, -0.1) is 0 Å². The predicted molar refractivity (Wildman–Crippen MR) is 68.6 cm³/mol. The molecule has 0 spiro atoms. The van der Waals surface area contributed by atoms with E-state index < -0.39 is 17.7 Å². The Labute approximate surface area is 110 Å². The summed E-state index contributed by atoms with van der Waals surface area (Å²) in [6, 6.07) is 13.8. The lowest BCUT2D eigenvalue weighted by Crippen LogP contribution is -2.05. The van der Waals surface area contributed by atoms with Crippen molar-refractivity contribution < 1.29 is 13.9 Å². The van der Waals surface area contributed by atoms with Crippen LogP contribution in [0.25, 0.3) is 0 Å². The van der Waals surface area contributed by atoms with Crippen molar-refractivity contribution in [2.24, 2.45) is 5.92 Å². The van der Waals surface area contributed by atoms with Crippen molar-refractivity contribution in [3.8, 4) is 0 Å². The van der Waals surface area contributed by atoms with Gasteiger partial charge >= 0.3 is 0 Å². The molecule has 1 nitrogen and oxygen atoms in total. The minimum absolute atomic E-state index is 0.0290. The molecule has 1 N–H and O–H groups in total. The molecule has 0 bridgehead atoms. The van der Waals surface area contributed by atoms with Crippen LogP contribution in [0.4, 0.5) is 8.78 Å².